The molecule has 0 amide bonds. The van der Waals surface area contributed by atoms with Crippen molar-refractivity contribution in [1.29, 1.82) is 0 Å². The second kappa shape index (κ2) is 6.90. The molecule has 0 aliphatic rings. The predicted molar refractivity (Wildman–Crippen MR) is 78.2 cm³/mol. The van der Waals surface area contributed by atoms with Gasteiger partial charge in [-0.05, 0) is 45.7 Å². The fourth-order valence-corrected chi connectivity index (χ4v) is 1.83. The lowest BCUT2D eigenvalue weighted by molar-refractivity contribution is 0.173. The molecule has 0 bridgehead atoms. The number of hydrogen-bond donors (Lipinski definition) is 1. The van der Waals surface area contributed by atoms with Crippen LogP contribution in [0.2, 0.25) is 0 Å². The van der Waals surface area contributed by atoms with Crippen LogP contribution in [0.5, 0.6) is 5.75 Å². The van der Waals surface area contributed by atoms with E-state index < -0.39 is 0 Å². The van der Waals surface area contributed by atoms with Crippen LogP contribution in [-0.2, 0) is 0 Å². The molecule has 0 saturated carbocycles. The van der Waals surface area contributed by atoms with Crippen LogP contribution in [0.25, 0.3) is 0 Å². The van der Waals surface area contributed by atoms with Gasteiger partial charge in [-0.2, -0.15) is 0 Å². The van der Waals surface area contributed by atoms with Gasteiger partial charge in [0.1, 0.15) is 17.7 Å². The summed E-state index contributed by atoms with van der Waals surface area (Å²) in [5.41, 5.74) is 1.03. The third-order valence-electron chi connectivity index (χ3n) is 2.91. The second-order valence-electron chi connectivity index (χ2n) is 6.07. The van der Waals surface area contributed by atoms with Gasteiger partial charge in [0, 0.05) is 18.2 Å². The SMILES string of the molecule is CCCC(CNC(C)(C)C)Oc1cc(F)ccc1C. The normalized spacial score (nSPS) is 13.4. The average molecular weight is 267 g/mol. The summed E-state index contributed by atoms with van der Waals surface area (Å²) in [5.74, 6) is 0.397. The maximum absolute atomic E-state index is 13.3. The lowest BCUT2D eigenvalue weighted by Crippen LogP contribution is -2.42. The molecule has 0 spiro atoms. The third-order valence-corrected chi connectivity index (χ3v) is 2.91. The highest BCUT2D eigenvalue weighted by atomic mass is 19.1. The van der Waals surface area contributed by atoms with E-state index in [0.717, 1.165) is 24.9 Å². The van der Waals surface area contributed by atoms with E-state index in [0.29, 0.717) is 5.75 Å². The molecule has 2 nitrogen and oxygen atoms in total. The standard InChI is InChI=1S/C16H26FNO/c1-6-7-14(11-18-16(3,4)5)19-15-10-13(17)9-8-12(15)2/h8-10,14,18H,6-7,11H2,1-5H3. The second-order valence-corrected chi connectivity index (χ2v) is 6.07. The van der Waals surface area contributed by atoms with Gasteiger partial charge in [0.2, 0.25) is 0 Å². The van der Waals surface area contributed by atoms with E-state index >= 15 is 0 Å². The van der Waals surface area contributed by atoms with Gasteiger partial charge >= 0.3 is 0 Å². The lowest BCUT2D eigenvalue weighted by Gasteiger charge is -2.26. The van der Waals surface area contributed by atoms with E-state index in [4.69, 9.17) is 4.74 Å². The molecule has 1 atom stereocenters. The fraction of sp³-hybridized carbons (Fsp3) is 0.625. The molecule has 1 N–H and O–H groups in total. The minimum Gasteiger partial charge on any atom is -0.489 e. The Balaban J connectivity index is 2.69. The van der Waals surface area contributed by atoms with Crippen molar-refractivity contribution in [2.75, 3.05) is 6.54 Å². The molecule has 1 aromatic rings. The van der Waals surface area contributed by atoms with Crippen LogP contribution in [0.1, 0.15) is 46.1 Å². The Morgan fingerprint density at radius 2 is 2.00 bits per heavy atom. The number of halogens is 1. The average Bonchev–Trinajstić information content (AvgIpc) is 2.30. The van der Waals surface area contributed by atoms with Crippen LogP contribution in [0, 0.1) is 12.7 Å². The minimum absolute atomic E-state index is 0.0618. The van der Waals surface area contributed by atoms with Crippen LogP contribution < -0.4 is 10.1 Å². The number of ether oxygens (including phenoxy) is 1. The van der Waals surface area contributed by atoms with Crippen molar-refractivity contribution in [3.05, 3.63) is 29.6 Å². The number of rotatable bonds is 6. The quantitative estimate of drug-likeness (QED) is 0.839. The van der Waals surface area contributed by atoms with Gasteiger partial charge in [-0.3, -0.25) is 0 Å². The van der Waals surface area contributed by atoms with Gasteiger partial charge in [0.25, 0.3) is 0 Å². The van der Waals surface area contributed by atoms with E-state index in [1.54, 1.807) is 6.07 Å². The first kappa shape index (κ1) is 16.0. The molecule has 1 unspecified atom stereocenters. The first-order chi connectivity index (χ1) is 8.81. The van der Waals surface area contributed by atoms with Crippen molar-refractivity contribution < 1.29 is 9.13 Å². The highest BCUT2D eigenvalue weighted by Gasteiger charge is 2.16. The van der Waals surface area contributed by atoms with Crippen LogP contribution in [-0.4, -0.2) is 18.2 Å². The van der Waals surface area contributed by atoms with Crippen LogP contribution >= 0.6 is 0 Å². The molecule has 1 aromatic carbocycles. The van der Waals surface area contributed by atoms with Crippen molar-refractivity contribution in [3.8, 4) is 5.75 Å². The van der Waals surface area contributed by atoms with E-state index in [2.05, 4.69) is 33.0 Å². The van der Waals surface area contributed by atoms with Crippen molar-refractivity contribution in [1.82, 2.24) is 5.32 Å². The molecule has 0 aliphatic carbocycles. The summed E-state index contributed by atoms with van der Waals surface area (Å²) in [7, 11) is 0. The highest BCUT2D eigenvalue weighted by molar-refractivity contribution is 5.32. The monoisotopic (exact) mass is 267 g/mol. The predicted octanol–water partition coefficient (Wildman–Crippen LogP) is 4.07. The number of nitrogens with one attached hydrogen (secondary N) is 1. The molecule has 0 aromatic heterocycles. The van der Waals surface area contributed by atoms with Gasteiger partial charge in [0.05, 0.1) is 0 Å². The molecule has 0 fully saturated rings. The van der Waals surface area contributed by atoms with Crippen molar-refractivity contribution in [2.24, 2.45) is 0 Å². The molecule has 0 saturated heterocycles. The molecule has 3 heteroatoms. The summed E-state index contributed by atoms with van der Waals surface area (Å²) >= 11 is 0. The first-order valence-corrected chi connectivity index (χ1v) is 6.99. The Morgan fingerprint density at radius 1 is 1.32 bits per heavy atom. The van der Waals surface area contributed by atoms with E-state index in [1.165, 1.54) is 12.1 Å². The van der Waals surface area contributed by atoms with Gasteiger partial charge < -0.3 is 10.1 Å². The van der Waals surface area contributed by atoms with E-state index in [9.17, 15) is 4.39 Å². The topological polar surface area (TPSA) is 21.3 Å². The van der Waals surface area contributed by atoms with E-state index in [1.807, 2.05) is 6.92 Å². The molecular weight excluding hydrogens is 241 g/mol. The zero-order valence-electron chi connectivity index (χ0n) is 12.7. The zero-order chi connectivity index (χ0) is 14.5. The Labute approximate surface area is 116 Å². The number of hydrogen-bond acceptors (Lipinski definition) is 2. The summed E-state index contributed by atoms with van der Waals surface area (Å²) in [5, 5.41) is 3.44. The molecule has 0 heterocycles. The third kappa shape index (κ3) is 6.06. The molecule has 0 aliphatic heterocycles. The van der Waals surface area contributed by atoms with Gasteiger partial charge in [-0.15, -0.1) is 0 Å². The van der Waals surface area contributed by atoms with Crippen LogP contribution in [0.15, 0.2) is 18.2 Å². The van der Waals surface area contributed by atoms with Gasteiger partial charge in [-0.25, -0.2) is 4.39 Å². The molecule has 1 rings (SSSR count). The van der Waals surface area contributed by atoms with Crippen molar-refractivity contribution in [2.45, 2.75) is 59.1 Å². The van der Waals surface area contributed by atoms with Crippen molar-refractivity contribution in [3.63, 3.8) is 0 Å². The first-order valence-electron chi connectivity index (χ1n) is 6.99. The Bertz CT molecular complexity index is 398. The highest BCUT2D eigenvalue weighted by Crippen LogP contribution is 2.21. The number of benzene rings is 1. The van der Waals surface area contributed by atoms with Crippen LogP contribution in [0.4, 0.5) is 4.39 Å². The van der Waals surface area contributed by atoms with E-state index in [-0.39, 0.29) is 17.5 Å². The Kier molecular flexibility index (Phi) is 5.80. The smallest absolute Gasteiger partial charge is 0.126 e. The summed E-state index contributed by atoms with van der Waals surface area (Å²) in [6.07, 6.45) is 2.08. The van der Waals surface area contributed by atoms with Gasteiger partial charge in [-0.1, -0.05) is 19.4 Å². The fourth-order valence-electron chi connectivity index (χ4n) is 1.83. The van der Waals surface area contributed by atoms with Crippen molar-refractivity contribution >= 4 is 0 Å². The maximum atomic E-state index is 13.3. The maximum Gasteiger partial charge on any atom is 0.126 e. The zero-order valence-corrected chi connectivity index (χ0v) is 12.7. The van der Waals surface area contributed by atoms with Crippen LogP contribution in [0.3, 0.4) is 0 Å². The molecule has 108 valence electrons. The molecule has 0 radical (unpaired) electrons. The largest absolute Gasteiger partial charge is 0.489 e. The molecule has 19 heavy (non-hydrogen) atoms. The minimum atomic E-state index is -0.250. The summed E-state index contributed by atoms with van der Waals surface area (Å²) in [6, 6.07) is 4.68. The summed E-state index contributed by atoms with van der Waals surface area (Å²) < 4.78 is 19.2. The Hall–Kier alpha value is -1.09. The molecular formula is C16H26FNO. The summed E-state index contributed by atoms with van der Waals surface area (Å²) in [6.45, 7) is 11.2. The summed E-state index contributed by atoms with van der Waals surface area (Å²) in [4.78, 5) is 0. The Morgan fingerprint density at radius 3 is 2.58 bits per heavy atom. The van der Waals surface area contributed by atoms with Gasteiger partial charge in [0.15, 0.2) is 0 Å². The lowest BCUT2D eigenvalue weighted by atomic mass is 10.1. The number of aryl methyl sites for hydroxylation is 1.